The first-order valence-electron chi connectivity index (χ1n) is 4.96. The van der Waals surface area contributed by atoms with Gasteiger partial charge in [0.25, 0.3) is 5.19 Å². The van der Waals surface area contributed by atoms with Crippen LogP contribution < -0.4 is 4.74 Å². The normalized spacial score (nSPS) is 21.3. The first-order chi connectivity index (χ1) is 7.31. The van der Waals surface area contributed by atoms with Gasteiger partial charge in [0.1, 0.15) is 11.8 Å². The van der Waals surface area contributed by atoms with Gasteiger partial charge in [-0.25, -0.2) is 0 Å². The SMILES string of the molecule is COc1nc(C(=O)C2CCCCO2)cs1. The van der Waals surface area contributed by atoms with Gasteiger partial charge >= 0.3 is 0 Å². The minimum absolute atomic E-state index is 0.0192. The fourth-order valence-corrected chi connectivity index (χ4v) is 2.21. The van der Waals surface area contributed by atoms with Crippen LogP contribution in [0.5, 0.6) is 5.19 Å². The number of nitrogens with zero attached hydrogens (tertiary/aromatic N) is 1. The van der Waals surface area contributed by atoms with Gasteiger partial charge in [0.05, 0.1) is 7.11 Å². The lowest BCUT2D eigenvalue weighted by atomic mass is 10.0. The molecule has 1 aromatic heterocycles. The highest BCUT2D eigenvalue weighted by Crippen LogP contribution is 2.22. The molecule has 0 aromatic carbocycles. The lowest BCUT2D eigenvalue weighted by Gasteiger charge is -2.20. The van der Waals surface area contributed by atoms with Crippen LogP contribution >= 0.6 is 11.3 Å². The molecule has 0 saturated carbocycles. The topological polar surface area (TPSA) is 48.4 Å². The Morgan fingerprint density at radius 3 is 3.13 bits per heavy atom. The van der Waals surface area contributed by atoms with E-state index >= 15 is 0 Å². The van der Waals surface area contributed by atoms with Crippen molar-refractivity contribution in [3.63, 3.8) is 0 Å². The van der Waals surface area contributed by atoms with Gasteiger partial charge in [0.15, 0.2) is 0 Å². The van der Waals surface area contributed by atoms with Crippen LogP contribution in [0.4, 0.5) is 0 Å². The molecule has 2 heterocycles. The third-order valence-corrected chi connectivity index (χ3v) is 3.18. The van der Waals surface area contributed by atoms with E-state index in [1.54, 1.807) is 12.5 Å². The van der Waals surface area contributed by atoms with Crippen molar-refractivity contribution in [2.45, 2.75) is 25.4 Å². The van der Waals surface area contributed by atoms with E-state index in [-0.39, 0.29) is 11.9 Å². The molecule has 82 valence electrons. The van der Waals surface area contributed by atoms with Gasteiger partial charge < -0.3 is 9.47 Å². The summed E-state index contributed by atoms with van der Waals surface area (Å²) in [6, 6.07) is 0. The molecule has 0 bridgehead atoms. The molecule has 0 spiro atoms. The van der Waals surface area contributed by atoms with E-state index in [1.807, 2.05) is 0 Å². The van der Waals surface area contributed by atoms with Crippen LogP contribution in [0, 0.1) is 0 Å². The van der Waals surface area contributed by atoms with Crippen molar-refractivity contribution in [3.8, 4) is 5.19 Å². The number of Topliss-reactive ketones (excluding diaryl/α,β-unsaturated/α-hetero) is 1. The molecular weight excluding hydrogens is 214 g/mol. The van der Waals surface area contributed by atoms with E-state index in [1.165, 1.54) is 11.3 Å². The lowest BCUT2D eigenvalue weighted by Crippen LogP contribution is -2.28. The van der Waals surface area contributed by atoms with Crippen LogP contribution in [0.25, 0.3) is 0 Å². The molecule has 4 nitrogen and oxygen atoms in total. The van der Waals surface area contributed by atoms with Crippen LogP contribution in [-0.4, -0.2) is 30.6 Å². The minimum atomic E-state index is -0.300. The minimum Gasteiger partial charge on any atom is -0.473 e. The van der Waals surface area contributed by atoms with E-state index in [9.17, 15) is 4.79 Å². The third kappa shape index (κ3) is 2.35. The summed E-state index contributed by atoms with van der Waals surface area (Å²) in [6.45, 7) is 0.678. The summed E-state index contributed by atoms with van der Waals surface area (Å²) < 4.78 is 10.4. The molecule has 1 saturated heterocycles. The third-order valence-electron chi connectivity index (χ3n) is 2.38. The monoisotopic (exact) mass is 227 g/mol. The molecule has 1 fully saturated rings. The summed E-state index contributed by atoms with van der Waals surface area (Å²) in [6.07, 6.45) is 2.60. The zero-order valence-electron chi connectivity index (χ0n) is 8.56. The number of hydrogen-bond donors (Lipinski definition) is 0. The van der Waals surface area contributed by atoms with E-state index < -0.39 is 0 Å². The molecule has 1 aliphatic heterocycles. The summed E-state index contributed by atoms with van der Waals surface area (Å²) in [5, 5.41) is 2.24. The molecule has 2 rings (SSSR count). The van der Waals surface area contributed by atoms with Crippen molar-refractivity contribution >= 4 is 17.1 Å². The summed E-state index contributed by atoms with van der Waals surface area (Å²) >= 11 is 1.33. The maximum atomic E-state index is 11.9. The molecular formula is C10H13NO3S. The molecule has 0 aliphatic carbocycles. The number of aromatic nitrogens is 1. The molecule has 5 heteroatoms. The van der Waals surface area contributed by atoms with Crippen LogP contribution in [0.15, 0.2) is 5.38 Å². The van der Waals surface area contributed by atoms with Crippen molar-refractivity contribution in [1.29, 1.82) is 0 Å². The van der Waals surface area contributed by atoms with Gasteiger partial charge in [0, 0.05) is 12.0 Å². The van der Waals surface area contributed by atoms with Crippen molar-refractivity contribution in [2.75, 3.05) is 13.7 Å². The number of ether oxygens (including phenoxy) is 2. The Bertz CT molecular complexity index is 344. The maximum absolute atomic E-state index is 11.9. The number of hydrogen-bond acceptors (Lipinski definition) is 5. The Kier molecular flexibility index (Phi) is 3.33. The molecule has 1 atom stereocenters. The Hall–Kier alpha value is -0.940. The van der Waals surface area contributed by atoms with Crippen molar-refractivity contribution in [1.82, 2.24) is 4.98 Å². The Balaban J connectivity index is 2.05. The molecule has 0 radical (unpaired) electrons. The van der Waals surface area contributed by atoms with Crippen LogP contribution in [0.2, 0.25) is 0 Å². The zero-order valence-corrected chi connectivity index (χ0v) is 9.38. The van der Waals surface area contributed by atoms with Crippen LogP contribution in [-0.2, 0) is 4.74 Å². The highest BCUT2D eigenvalue weighted by atomic mass is 32.1. The standard InChI is InChI=1S/C10H13NO3S/c1-13-10-11-7(6-15-10)9(12)8-4-2-3-5-14-8/h6,8H,2-5H2,1H3. The average molecular weight is 227 g/mol. The van der Waals surface area contributed by atoms with Gasteiger partial charge in [-0.15, -0.1) is 0 Å². The fraction of sp³-hybridized carbons (Fsp3) is 0.600. The van der Waals surface area contributed by atoms with E-state index in [2.05, 4.69) is 4.98 Å². The predicted octanol–water partition coefficient (Wildman–Crippen LogP) is 1.90. The number of carbonyl (C=O) groups is 1. The Morgan fingerprint density at radius 1 is 1.67 bits per heavy atom. The quantitative estimate of drug-likeness (QED) is 0.740. The summed E-state index contributed by atoms with van der Waals surface area (Å²) in [7, 11) is 1.55. The molecule has 0 N–H and O–H groups in total. The molecule has 15 heavy (non-hydrogen) atoms. The number of ketones is 1. The summed E-state index contributed by atoms with van der Waals surface area (Å²) in [5.41, 5.74) is 0.462. The largest absolute Gasteiger partial charge is 0.473 e. The van der Waals surface area contributed by atoms with Gasteiger partial charge in [-0.2, -0.15) is 4.98 Å². The second-order valence-corrected chi connectivity index (χ2v) is 4.24. The molecule has 0 amide bonds. The number of carbonyl (C=O) groups excluding carboxylic acids is 1. The van der Waals surface area contributed by atoms with E-state index in [4.69, 9.17) is 9.47 Å². The van der Waals surface area contributed by atoms with Crippen molar-refractivity contribution in [3.05, 3.63) is 11.1 Å². The number of methoxy groups -OCH3 is 1. The highest BCUT2D eigenvalue weighted by Gasteiger charge is 2.25. The second kappa shape index (κ2) is 4.72. The van der Waals surface area contributed by atoms with Crippen molar-refractivity contribution < 1.29 is 14.3 Å². The van der Waals surface area contributed by atoms with Gasteiger partial charge in [-0.05, 0) is 19.3 Å². The van der Waals surface area contributed by atoms with Gasteiger partial charge in [-0.3, -0.25) is 4.79 Å². The van der Waals surface area contributed by atoms with Gasteiger partial charge in [0.2, 0.25) is 5.78 Å². The summed E-state index contributed by atoms with van der Waals surface area (Å²) in [5.74, 6) is -0.0192. The van der Waals surface area contributed by atoms with Crippen molar-refractivity contribution in [2.24, 2.45) is 0 Å². The lowest BCUT2D eigenvalue weighted by molar-refractivity contribution is 0.0183. The van der Waals surface area contributed by atoms with Crippen LogP contribution in [0.3, 0.4) is 0 Å². The summed E-state index contributed by atoms with van der Waals surface area (Å²) in [4.78, 5) is 16.0. The zero-order chi connectivity index (χ0) is 10.7. The molecule has 1 aromatic rings. The molecule has 1 aliphatic rings. The highest BCUT2D eigenvalue weighted by molar-refractivity contribution is 7.11. The first kappa shape index (κ1) is 10.6. The Morgan fingerprint density at radius 2 is 2.53 bits per heavy atom. The van der Waals surface area contributed by atoms with E-state index in [0.29, 0.717) is 17.5 Å². The Labute approximate surface area is 92.2 Å². The fourth-order valence-electron chi connectivity index (χ4n) is 1.58. The smallest absolute Gasteiger partial charge is 0.273 e. The molecule has 1 unspecified atom stereocenters. The predicted molar refractivity (Wildman–Crippen MR) is 56.6 cm³/mol. The second-order valence-electron chi connectivity index (χ2n) is 3.42. The van der Waals surface area contributed by atoms with E-state index in [0.717, 1.165) is 19.3 Å². The number of thiazole rings is 1. The average Bonchev–Trinajstić information content (AvgIpc) is 2.78. The number of rotatable bonds is 3. The van der Waals surface area contributed by atoms with Crippen LogP contribution in [0.1, 0.15) is 29.8 Å². The first-order valence-corrected chi connectivity index (χ1v) is 5.84. The van der Waals surface area contributed by atoms with Gasteiger partial charge in [-0.1, -0.05) is 11.3 Å². The maximum Gasteiger partial charge on any atom is 0.273 e.